The summed E-state index contributed by atoms with van der Waals surface area (Å²) in [6, 6.07) is 0. The Morgan fingerprint density at radius 1 is 1.36 bits per heavy atom. The van der Waals surface area contributed by atoms with Gasteiger partial charge in [-0.15, -0.1) is 0 Å². The van der Waals surface area contributed by atoms with Crippen molar-refractivity contribution in [2.45, 2.75) is 0 Å². The highest BCUT2D eigenvalue weighted by molar-refractivity contribution is 6.22. The van der Waals surface area contributed by atoms with Gasteiger partial charge in [0.2, 0.25) is 0 Å². The van der Waals surface area contributed by atoms with Crippen LogP contribution in [-0.4, -0.2) is 23.5 Å². The van der Waals surface area contributed by atoms with Crippen LogP contribution in [0.15, 0.2) is 35.0 Å². The highest BCUT2D eigenvalue weighted by atomic mass is 16.4. The molecule has 0 atom stereocenters. The van der Waals surface area contributed by atoms with Crippen molar-refractivity contribution in [3.8, 4) is 0 Å². The Morgan fingerprint density at radius 3 is 2.55 bits per heavy atom. The second kappa shape index (κ2) is 6.41. The maximum Gasteiger partial charge on any atom is 0.346 e. The van der Waals surface area contributed by atoms with Gasteiger partial charge in [0.25, 0.3) is 0 Å². The molecule has 0 spiro atoms. The lowest BCUT2D eigenvalue weighted by atomic mass is 10.7. The molecule has 0 rings (SSSR count). The van der Waals surface area contributed by atoms with Crippen LogP contribution in [-0.2, 0) is 4.79 Å². The van der Waals surface area contributed by atoms with Gasteiger partial charge in [-0.2, -0.15) is 0 Å². The highest BCUT2D eigenvalue weighted by Crippen LogP contribution is 1.74. The Hall–Kier alpha value is -1.71. The van der Waals surface area contributed by atoms with Crippen molar-refractivity contribution in [3.05, 3.63) is 25.1 Å². The third-order valence-corrected chi connectivity index (χ3v) is 0.615. The van der Waals surface area contributed by atoms with E-state index in [1.165, 1.54) is 24.7 Å². The van der Waals surface area contributed by atoms with Crippen molar-refractivity contribution in [3.63, 3.8) is 0 Å². The van der Waals surface area contributed by atoms with E-state index in [4.69, 9.17) is 5.11 Å². The van der Waals surface area contributed by atoms with Crippen LogP contribution in [0.25, 0.3) is 0 Å². The van der Waals surface area contributed by atoms with Crippen LogP contribution in [0.1, 0.15) is 0 Å². The van der Waals surface area contributed by atoms with Crippen LogP contribution >= 0.6 is 0 Å². The molecule has 1 N–H and O–H groups in total. The summed E-state index contributed by atoms with van der Waals surface area (Å²) in [4.78, 5) is 16.9. The molecule has 0 heterocycles. The van der Waals surface area contributed by atoms with Gasteiger partial charge in [-0.25, -0.2) is 4.79 Å². The first-order valence-electron chi connectivity index (χ1n) is 2.82. The maximum atomic E-state index is 9.85. The number of aliphatic carboxylic acids is 1. The van der Waals surface area contributed by atoms with Crippen LogP contribution in [0.2, 0.25) is 0 Å². The number of aliphatic imine (C=N–C) groups is 2. The molecule has 0 aromatic rings. The number of carbonyl (C=O) groups is 1. The summed E-state index contributed by atoms with van der Waals surface area (Å²) in [6.07, 6.45) is 6.38. The molecule has 0 saturated carbocycles. The van der Waals surface area contributed by atoms with E-state index in [2.05, 4.69) is 16.6 Å². The van der Waals surface area contributed by atoms with E-state index in [0.29, 0.717) is 0 Å². The molecular weight excluding hydrogens is 144 g/mol. The lowest BCUT2D eigenvalue weighted by Gasteiger charge is -1.74. The van der Waals surface area contributed by atoms with Crippen molar-refractivity contribution < 1.29 is 9.90 Å². The lowest BCUT2D eigenvalue weighted by molar-refractivity contribution is -0.128. The van der Waals surface area contributed by atoms with E-state index in [1.807, 2.05) is 0 Å². The zero-order valence-electron chi connectivity index (χ0n) is 5.84. The minimum atomic E-state index is -1.08. The Morgan fingerprint density at radius 2 is 2.00 bits per heavy atom. The average molecular weight is 152 g/mol. The molecule has 4 heteroatoms. The maximum absolute atomic E-state index is 9.85. The largest absolute Gasteiger partial charge is 0.477 e. The van der Waals surface area contributed by atoms with Crippen molar-refractivity contribution in [1.82, 2.24) is 0 Å². The minimum absolute atomic E-state index is 0.778. The number of carboxylic acids is 1. The predicted octanol–water partition coefficient (Wildman–Crippen LogP) is 0.870. The van der Waals surface area contributed by atoms with Gasteiger partial charge < -0.3 is 5.11 Å². The summed E-state index contributed by atoms with van der Waals surface area (Å²) in [7, 11) is 0. The van der Waals surface area contributed by atoms with Gasteiger partial charge in [0.1, 0.15) is 6.21 Å². The van der Waals surface area contributed by atoms with Gasteiger partial charge in [0, 0.05) is 18.6 Å². The number of carboxylic acid groups (broad SMARTS) is 1. The van der Waals surface area contributed by atoms with E-state index in [0.717, 1.165) is 6.21 Å². The van der Waals surface area contributed by atoms with Crippen molar-refractivity contribution in [2.24, 2.45) is 9.98 Å². The van der Waals surface area contributed by atoms with Gasteiger partial charge in [0.15, 0.2) is 0 Å². The van der Waals surface area contributed by atoms with Crippen LogP contribution in [0.5, 0.6) is 0 Å². The number of hydrogen-bond acceptors (Lipinski definition) is 3. The quantitative estimate of drug-likeness (QED) is 0.607. The van der Waals surface area contributed by atoms with E-state index in [9.17, 15) is 4.79 Å². The molecule has 0 bridgehead atoms. The van der Waals surface area contributed by atoms with Gasteiger partial charge in [0.05, 0.1) is 0 Å². The molecule has 0 unspecified atom stereocenters. The number of rotatable bonds is 4. The average Bonchev–Trinajstić information content (AvgIpc) is 1.96. The Bertz CT molecular complexity index is 216. The zero-order chi connectivity index (χ0) is 8.53. The molecule has 58 valence electrons. The summed E-state index contributed by atoms with van der Waals surface area (Å²) in [6.45, 7) is 3.39. The third kappa shape index (κ3) is 8.29. The second-order valence-corrected chi connectivity index (χ2v) is 1.45. The molecule has 11 heavy (non-hydrogen) atoms. The fourth-order valence-electron chi connectivity index (χ4n) is 0.294. The van der Waals surface area contributed by atoms with Crippen molar-refractivity contribution in [1.29, 1.82) is 0 Å². The molecule has 0 aliphatic heterocycles. The topological polar surface area (TPSA) is 62.0 Å². The molecular formula is C7H8N2O2. The normalized spacial score (nSPS) is 11.6. The SMILES string of the molecule is C=CC=N/C=C\N=CC(=O)O. The molecule has 0 amide bonds. The third-order valence-electron chi connectivity index (χ3n) is 0.615. The first-order valence-corrected chi connectivity index (χ1v) is 2.82. The van der Waals surface area contributed by atoms with E-state index in [-0.39, 0.29) is 0 Å². The molecule has 0 aromatic carbocycles. The molecule has 0 aliphatic rings. The van der Waals surface area contributed by atoms with Crippen LogP contribution in [0.4, 0.5) is 0 Å². The molecule has 0 saturated heterocycles. The first-order chi connectivity index (χ1) is 5.27. The summed E-state index contributed by atoms with van der Waals surface area (Å²) in [5.41, 5.74) is 0. The van der Waals surface area contributed by atoms with Gasteiger partial charge in [-0.3, -0.25) is 9.98 Å². The fraction of sp³-hybridized carbons (Fsp3) is 0. The number of allylic oxidation sites excluding steroid dienone is 1. The standard InChI is InChI=1S/C7H8N2O2/c1-2-3-8-4-5-9-6-7(10)11/h2-6H,1H2,(H,10,11)/b5-4-,8-3?,9-6?. The zero-order valence-corrected chi connectivity index (χ0v) is 5.84. The van der Waals surface area contributed by atoms with Gasteiger partial charge in [-0.05, 0) is 0 Å². The molecule has 4 nitrogen and oxygen atoms in total. The molecule has 0 aromatic heterocycles. The molecule has 0 fully saturated rings. The summed E-state index contributed by atoms with van der Waals surface area (Å²) in [5.74, 6) is -1.08. The predicted molar refractivity (Wildman–Crippen MR) is 44.0 cm³/mol. The summed E-state index contributed by atoms with van der Waals surface area (Å²) in [5, 5.41) is 8.08. The Balaban J connectivity index is 3.68. The lowest BCUT2D eigenvalue weighted by Crippen LogP contribution is -1.93. The fourth-order valence-corrected chi connectivity index (χ4v) is 0.294. The van der Waals surface area contributed by atoms with Crippen LogP contribution in [0, 0.1) is 0 Å². The van der Waals surface area contributed by atoms with E-state index < -0.39 is 5.97 Å². The first kappa shape index (κ1) is 9.29. The molecule has 0 radical (unpaired) electrons. The van der Waals surface area contributed by atoms with Crippen LogP contribution < -0.4 is 0 Å². The van der Waals surface area contributed by atoms with Gasteiger partial charge >= 0.3 is 5.97 Å². The summed E-state index contributed by atoms with van der Waals surface area (Å²) < 4.78 is 0. The number of nitrogens with zero attached hydrogens (tertiary/aromatic N) is 2. The summed E-state index contributed by atoms with van der Waals surface area (Å²) >= 11 is 0. The van der Waals surface area contributed by atoms with E-state index >= 15 is 0 Å². The molecule has 0 aliphatic carbocycles. The van der Waals surface area contributed by atoms with E-state index in [1.54, 1.807) is 0 Å². The smallest absolute Gasteiger partial charge is 0.346 e. The highest BCUT2D eigenvalue weighted by Gasteiger charge is 1.80. The van der Waals surface area contributed by atoms with Crippen LogP contribution in [0.3, 0.4) is 0 Å². The Kier molecular flexibility index (Phi) is 5.41. The number of hydrogen-bond donors (Lipinski definition) is 1. The van der Waals surface area contributed by atoms with Gasteiger partial charge in [-0.1, -0.05) is 12.7 Å². The van der Waals surface area contributed by atoms with Crippen molar-refractivity contribution >= 4 is 18.4 Å². The Labute approximate surface area is 64.3 Å². The monoisotopic (exact) mass is 152 g/mol. The van der Waals surface area contributed by atoms with Crippen molar-refractivity contribution in [2.75, 3.05) is 0 Å². The second-order valence-electron chi connectivity index (χ2n) is 1.45. The minimum Gasteiger partial charge on any atom is -0.477 e.